The summed E-state index contributed by atoms with van der Waals surface area (Å²) in [7, 11) is 0. The first-order chi connectivity index (χ1) is 14.1. The highest BCUT2D eigenvalue weighted by atomic mass is 32.1. The number of para-hydroxylation sites is 1. The van der Waals surface area contributed by atoms with Gasteiger partial charge in [0.2, 0.25) is 10.7 Å². The van der Waals surface area contributed by atoms with Crippen molar-refractivity contribution in [3.63, 3.8) is 0 Å². The van der Waals surface area contributed by atoms with E-state index in [1.165, 1.54) is 15.7 Å². The third kappa shape index (κ3) is 3.11. The number of anilines is 1. The summed E-state index contributed by atoms with van der Waals surface area (Å²) in [6.45, 7) is 1.36. The van der Waals surface area contributed by atoms with Crippen LogP contribution in [0, 0.1) is 4.77 Å². The smallest absolute Gasteiger partial charge is 0.257 e. The fourth-order valence-electron chi connectivity index (χ4n) is 4.20. The Hall–Kier alpha value is -3.06. The second-order valence-corrected chi connectivity index (χ2v) is 7.87. The molecule has 0 fully saturated rings. The average Bonchev–Trinajstić information content (AvgIpc) is 3.09. The summed E-state index contributed by atoms with van der Waals surface area (Å²) in [5.74, 6) is 0.617. The number of hydrogen-bond donors (Lipinski definition) is 1. The van der Waals surface area contributed by atoms with Gasteiger partial charge in [0.25, 0.3) is 5.91 Å². The van der Waals surface area contributed by atoms with Crippen LogP contribution in [0.2, 0.25) is 0 Å². The standard InChI is InChI=1S/C22H20N4O2S/c27-19(25-12-11-14-5-1-2-6-15(14)13-25)10-9-18-21(28)26-20(23-18)16-7-3-4-8-17(16)24-22(26)29/h1-8,18,23H,9-13H2. The van der Waals surface area contributed by atoms with Crippen LogP contribution in [0.1, 0.15) is 28.8 Å². The molecule has 0 spiro atoms. The molecule has 0 bridgehead atoms. The van der Waals surface area contributed by atoms with Crippen LogP contribution in [0.3, 0.4) is 0 Å². The van der Waals surface area contributed by atoms with Gasteiger partial charge in [0.15, 0.2) is 0 Å². The molecule has 5 rings (SSSR count). The summed E-state index contributed by atoms with van der Waals surface area (Å²) in [6, 6.07) is 15.4. The number of aromatic nitrogens is 2. The fourth-order valence-corrected chi connectivity index (χ4v) is 4.48. The van der Waals surface area contributed by atoms with Crippen molar-refractivity contribution in [3.05, 3.63) is 64.4 Å². The minimum absolute atomic E-state index is 0.0802. The summed E-state index contributed by atoms with van der Waals surface area (Å²) >= 11 is 5.33. The third-order valence-corrected chi connectivity index (χ3v) is 6.02. The molecule has 0 aliphatic carbocycles. The monoisotopic (exact) mass is 404 g/mol. The zero-order chi connectivity index (χ0) is 20.0. The molecule has 7 heteroatoms. The molecule has 1 N–H and O–H groups in total. The molecule has 3 heterocycles. The minimum Gasteiger partial charge on any atom is -0.359 e. The molecule has 0 saturated heterocycles. The average molecular weight is 404 g/mol. The van der Waals surface area contributed by atoms with E-state index in [1.54, 1.807) is 0 Å². The molecule has 2 aliphatic heterocycles. The van der Waals surface area contributed by atoms with Crippen molar-refractivity contribution in [1.29, 1.82) is 0 Å². The number of carbonyl (C=O) groups excluding carboxylic acids is 2. The Labute approximate surface area is 173 Å². The van der Waals surface area contributed by atoms with Gasteiger partial charge in [-0.1, -0.05) is 36.4 Å². The Bertz CT molecular complexity index is 1200. The second-order valence-electron chi connectivity index (χ2n) is 7.50. The van der Waals surface area contributed by atoms with Crippen LogP contribution in [-0.2, 0) is 17.8 Å². The molecular weight excluding hydrogens is 384 g/mol. The summed E-state index contributed by atoms with van der Waals surface area (Å²) in [4.78, 5) is 31.9. The molecule has 2 aromatic carbocycles. The molecule has 146 valence electrons. The van der Waals surface area contributed by atoms with Gasteiger partial charge in [0, 0.05) is 24.9 Å². The highest BCUT2D eigenvalue weighted by Crippen LogP contribution is 2.29. The van der Waals surface area contributed by atoms with Crippen molar-refractivity contribution < 1.29 is 9.59 Å². The Morgan fingerprint density at radius 3 is 2.76 bits per heavy atom. The molecular formula is C22H20N4O2S. The molecule has 29 heavy (non-hydrogen) atoms. The molecule has 1 unspecified atom stereocenters. The highest BCUT2D eigenvalue weighted by Gasteiger charge is 2.32. The van der Waals surface area contributed by atoms with E-state index in [-0.39, 0.29) is 16.6 Å². The Morgan fingerprint density at radius 2 is 1.90 bits per heavy atom. The normalized spacial score (nSPS) is 17.7. The first-order valence-corrected chi connectivity index (χ1v) is 10.2. The maximum Gasteiger partial charge on any atom is 0.257 e. The quantitative estimate of drug-likeness (QED) is 0.676. The van der Waals surface area contributed by atoms with E-state index in [9.17, 15) is 9.59 Å². The van der Waals surface area contributed by atoms with Gasteiger partial charge in [-0.25, -0.2) is 9.55 Å². The molecule has 0 radical (unpaired) electrons. The lowest BCUT2D eigenvalue weighted by Gasteiger charge is -2.29. The van der Waals surface area contributed by atoms with Crippen molar-refractivity contribution in [1.82, 2.24) is 14.5 Å². The lowest BCUT2D eigenvalue weighted by atomic mass is 9.99. The number of rotatable bonds is 3. The number of benzene rings is 2. The van der Waals surface area contributed by atoms with E-state index >= 15 is 0 Å². The Kier molecular flexibility index (Phi) is 4.39. The van der Waals surface area contributed by atoms with Crippen LogP contribution < -0.4 is 5.32 Å². The molecule has 2 aliphatic rings. The maximum absolute atomic E-state index is 12.9. The SMILES string of the molecule is O=C(CCC1Nc2c3ccccc3nc(=S)n2C1=O)N1CCc2ccccc2C1. The largest absolute Gasteiger partial charge is 0.359 e. The van der Waals surface area contributed by atoms with E-state index in [2.05, 4.69) is 22.4 Å². The summed E-state index contributed by atoms with van der Waals surface area (Å²) < 4.78 is 1.71. The number of nitrogens with zero attached hydrogens (tertiary/aromatic N) is 3. The van der Waals surface area contributed by atoms with Crippen molar-refractivity contribution in [2.45, 2.75) is 31.8 Å². The van der Waals surface area contributed by atoms with Gasteiger partial charge in [-0.15, -0.1) is 0 Å². The summed E-state index contributed by atoms with van der Waals surface area (Å²) in [6.07, 6.45) is 1.62. The highest BCUT2D eigenvalue weighted by molar-refractivity contribution is 7.71. The van der Waals surface area contributed by atoms with Crippen LogP contribution in [0.25, 0.3) is 10.9 Å². The molecule has 6 nitrogen and oxygen atoms in total. The summed E-state index contributed by atoms with van der Waals surface area (Å²) in [5, 5.41) is 4.14. The lowest BCUT2D eigenvalue weighted by Crippen LogP contribution is -2.37. The minimum atomic E-state index is -0.467. The zero-order valence-electron chi connectivity index (χ0n) is 15.8. The predicted molar refractivity (Wildman–Crippen MR) is 113 cm³/mol. The van der Waals surface area contributed by atoms with Crippen LogP contribution in [-0.4, -0.2) is 38.9 Å². The van der Waals surface area contributed by atoms with Gasteiger partial charge >= 0.3 is 0 Å². The lowest BCUT2D eigenvalue weighted by molar-refractivity contribution is -0.132. The Morgan fingerprint density at radius 1 is 1.14 bits per heavy atom. The predicted octanol–water partition coefficient (Wildman–Crippen LogP) is 3.57. The van der Waals surface area contributed by atoms with Gasteiger partial charge in [-0.3, -0.25) is 9.59 Å². The van der Waals surface area contributed by atoms with Crippen molar-refractivity contribution in [2.24, 2.45) is 0 Å². The number of fused-ring (bicyclic) bond motifs is 4. The van der Waals surface area contributed by atoms with Gasteiger partial charge in [0.05, 0.1) is 5.52 Å². The molecule has 1 atom stereocenters. The van der Waals surface area contributed by atoms with E-state index in [1.807, 2.05) is 41.3 Å². The zero-order valence-corrected chi connectivity index (χ0v) is 16.6. The van der Waals surface area contributed by atoms with Gasteiger partial charge in [0.1, 0.15) is 11.9 Å². The number of nitrogens with one attached hydrogen (secondary N) is 1. The molecule has 0 saturated carbocycles. The number of hydrogen-bond acceptors (Lipinski definition) is 5. The van der Waals surface area contributed by atoms with Crippen LogP contribution in [0.4, 0.5) is 5.82 Å². The van der Waals surface area contributed by atoms with Crippen molar-refractivity contribution in [3.8, 4) is 0 Å². The van der Waals surface area contributed by atoms with Gasteiger partial charge < -0.3 is 10.2 Å². The van der Waals surface area contributed by atoms with Crippen LogP contribution >= 0.6 is 12.2 Å². The Balaban J connectivity index is 1.30. The fraction of sp³-hybridized carbons (Fsp3) is 0.273. The van der Waals surface area contributed by atoms with E-state index in [4.69, 9.17) is 12.2 Å². The van der Waals surface area contributed by atoms with Gasteiger partial charge in [-0.2, -0.15) is 0 Å². The van der Waals surface area contributed by atoms with Gasteiger partial charge in [-0.05, 0) is 48.3 Å². The second kappa shape index (κ2) is 7.08. The summed E-state index contributed by atoms with van der Waals surface area (Å²) in [5.41, 5.74) is 3.28. The molecule has 3 aromatic rings. The number of amides is 1. The van der Waals surface area contributed by atoms with E-state index in [0.29, 0.717) is 25.2 Å². The topological polar surface area (TPSA) is 67.2 Å². The van der Waals surface area contributed by atoms with Crippen LogP contribution in [0.5, 0.6) is 0 Å². The van der Waals surface area contributed by atoms with E-state index in [0.717, 1.165) is 23.9 Å². The molecule has 1 amide bonds. The third-order valence-electron chi connectivity index (χ3n) is 5.75. The van der Waals surface area contributed by atoms with E-state index < -0.39 is 6.04 Å². The first-order valence-electron chi connectivity index (χ1n) is 9.79. The number of carbonyl (C=O) groups is 2. The molecule has 1 aromatic heterocycles. The van der Waals surface area contributed by atoms with Crippen LogP contribution in [0.15, 0.2) is 48.5 Å². The maximum atomic E-state index is 12.9. The first kappa shape index (κ1) is 18.0. The van der Waals surface area contributed by atoms with Crippen molar-refractivity contribution in [2.75, 3.05) is 11.9 Å². The van der Waals surface area contributed by atoms with Crippen molar-refractivity contribution >= 4 is 40.8 Å².